The van der Waals surface area contributed by atoms with Gasteiger partial charge in [0.2, 0.25) is 0 Å². The molecule has 2 unspecified atom stereocenters. The Balaban J connectivity index is 1.57. The van der Waals surface area contributed by atoms with Crippen molar-refractivity contribution in [1.29, 1.82) is 0 Å². The zero-order valence-electron chi connectivity index (χ0n) is 10.9. The second-order valence-electron chi connectivity index (χ2n) is 5.88. The first-order valence-corrected chi connectivity index (χ1v) is 7.27. The van der Waals surface area contributed by atoms with Gasteiger partial charge < -0.3 is 10.2 Å². The highest BCUT2D eigenvalue weighted by molar-refractivity contribution is 4.72. The quantitative estimate of drug-likeness (QED) is 0.789. The van der Waals surface area contributed by atoms with Crippen LogP contribution >= 0.6 is 0 Å². The first kappa shape index (κ1) is 12.4. The highest BCUT2D eigenvalue weighted by atomic mass is 15.1. The SMILES string of the molecule is CC1CCCN(CCCC2CCNC2)CC1. The standard InChI is InChI=1S/C14H28N2/c1-13-4-2-9-16(11-7-13)10-3-5-14-6-8-15-12-14/h13-15H,2-12H2,1H3. The molecule has 0 aliphatic carbocycles. The fraction of sp³-hybridized carbons (Fsp3) is 1.00. The van der Waals surface area contributed by atoms with Gasteiger partial charge in [-0.3, -0.25) is 0 Å². The minimum Gasteiger partial charge on any atom is -0.316 e. The van der Waals surface area contributed by atoms with Gasteiger partial charge in [-0.05, 0) is 83.1 Å². The van der Waals surface area contributed by atoms with Crippen LogP contribution in [-0.4, -0.2) is 37.6 Å². The average Bonchev–Trinajstić information content (AvgIpc) is 2.70. The van der Waals surface area contributed by atoms with Gasteiger partial charge in [0.1, 0.15) is 0 Å². The molecule has 0 aromatic rings. The Hall–Kier alpha value is -0.0800. The number of nitrogens with zero attached hydrogens (tertiary/aromatic N) is 1. The van der Waals surface area contributed by atoms with Crippen molar-refractivity contribution in [3.05, 3.63) is 0 Å². The van der Waals surface area contributed by atoms with Gasteiger partial charge in [-0.2, -0.15) is 0 Å². The van der Waals surface area contributed by atoms with E-state index >= 15 is 0 Å². The molecule has 0 bridgehead atoms. The lowest BCUT2D eigenvalue weighted by Gasteiger charge is -2.20. The smallest absolute Gasteiger partial charge is 0.00162 e. The van der Waals surface area contributed by atoms with Crippen LogP contribution in [0.1, 0.15) is 45.4 Å². The van der Waals surface area contributed by atoms with E-state index in [1.165, 1.54) is 71.2 Å². The fourth-order valence-electron chi connectivity index (χ4n) is 3.11. The minimum absolute atomic E-state index is 0.962. The van der Waals surface area contributed by atoms with Crippen molar-refractivity contribution in [3.8, 4) is 0 Å². The maximum Gasteiger partial charge on any atom is -0.00162 e. The van der Waals surface area contributed by atoms with Crippen LogP contribution < -0.4 is 5.32 Å². The van der Waals surface area contributed by atoms with Gasteiger partial charge in [0.05, 0.1) is 0 Å². The molecule has 2 rings (SSSR count). The maximum atomic E-state index is 3.46. The van der Waals surface area contributed by atoms with Gasteiger partial charge in [0, 0.05) is 0 Å². The summed E-state index contributed by atoms with van der Waals surface area (Å²) in [4.78, 5) is 2.70. The van der Waals surface area contributed by atoms with Crippen molar-refractivity contribution >= 4 is 0 Å². The van der Waals surface area contributed by atoms with Gasteiger partial charge in [0.15, 0.2) is 0 Å². The molecule has 0 aromatic heterocycles. The van der Waals surface area contributed by atoms with Crippen molar-refractivity contribution in [2.75, 3.05) is 32.7 Å². The topological polar surface area (TPSA) is 15.3 Å². The zero-order valence-corrected chi connectivity index (χ0v) is 10.9. The van der Waals surface area contributed by atoms with Crippen LogP contribution in [0.15, 0.2) is 0 Å². The monoisotopic (exact) mass is 224 g/mol. The van der Waals surface area contributed by atoms with Crippen LogP contribution in [0.4, 0.5) is 0 Å². The Labute approximate surface area is 101 Å². The first-order valence-electron chi connectivity index (χ1n) is 7.27. The molecule has 2 fully saturated rings. The molecular formula is C14H28N2. The Kier molecular flexibility index (Phi) is 5.11. The molecule has 0 amide bonds. The molecule has 0 saturated carbocycles. The first-order chi connectivity index (χ1) is 7.84. The van der Waals surface area contributed by atoms with E-state index in [2.05, 4.69) is 17.1 Å². The van der Waals surface area contributed by atoms with E-state index in [0.29, 0.717) is 0 Å². The summed E-state index contributed by atoms with van der Waals surface area (Å²) in [5.41, 5.74) is 0. The predicted octanol–water partition coefficient (Wildman–Crippen LogP) is 2.50. The normalized spacial score (nSPS) is 32.8. The third kappa shape index (κ3) is 4.06. The fourth-order valence-corrected chi connectivity index (χ4v) is 3.11. The lowest BCUT2D eigenvalue weighted by atomic mass is 10.0. The Morgan fingerprint density at radius 2 is 2.12 bits per heavy atom. The molecule has 2 atom stereocenters. The van der Waals surface area contributed by atoms with E-state index in [4.69, 9.17) is 0 Å². The molecule has 0 radical (unpaired) electrons. The highest BCUT2D eigenvalue weighted by Crippen LogP contribution is 2.18. The summed E-state index contributed by atoms with van der Waals surface area (Å²) in [6, 6.07) is 0. The van der Waals surface area contributed by atoms with Gasteiger partial charge in [-0.1, -0.05) is 6.92 Å². The van der Waals surface area contributed by atoms with Crippen LogP contribution in [0.3, 0.4) is 0 Å². The molecule has 16 heavy (non-hydrogen) atoms. The number of rotatable bonds is 4. The molecule has 2 heteroatoms. The maximum absolute atomic E-state index is 3.46. The zero-order chi connectivity index (χ0) is 11.2. The van der Waals surface area contributed by atoms with Crippen molar-refractivity contribution in [2.45, 2.75) is 45.4 Å². The van der Waals surface area contributed by atoms with Crippen LogP contribution in [0, 0.1) is 11.8 Å². The molecule has 1 N–H and O–H groups in total. The summed E-state index contributed by atoms with van der Waals surface area (Å²) in [6.45, 7) is 9.00. The second kappa shape index (κ2) is 6.61. The van der Waals surface area contributed by atoms with E-state index in [1.807, 2.05) is 0 Å². The van der Waals surface area contributed by atoms with E-state index in [0.717, 1.165) is 11.8 Å². The molecule has 2 saturated heterocycles. The van der Waals surface area contributed by atoms with Gasteiger partial charge in [0.25, 0.3) is 0 Å². The third-order valence-corrected chi connectivity index (χ3v) is 4.36. The highest BCUT2D eigenvalue weighted by Gasteiger charge is 2.16. The van der Waals surface area contributed by atoms with Crippen LogP contribution in [0.2, 0.25) is 0 Å². The molecule has 94 valence electrons. The Morgan fingerprint density at radius 1 is 1.19 bits per heavy atom. The van der Waals surface area contributed by atoms with Crippen molar-refractivity contribution in [2.24, 2.45) is 11.8 Å². The van der Waals surface area contributed by atoms with Crippen LogP contribution in [0.5, 0.6) is 0 Å². The van der Waals surface area contributed by atoms with Crippen molar-refractivity contribution < 1.29 is 0 Å². The van der Waals surface area contributed by atoms with E-state index < -0.39 is 0 Å². The molecule has 0 aromatic carbocycles. The number of likely N-dealkylation sites (tertiary alicyclic amines) is 1. The Bertz CT molecular complexity index is 187. The second-order valence-corrected chi connectivity index (χ2v) is 5.88. The summed E-state index contributed by atoms with van der Waals surface area (Å²) in [5.74, 6) is 1.94. The van der Waals surface area contributed by atoms with Gasteiger partial charge >= 0.3 is 0 Å². The van der Waals surface area contributed by atoms with E-state index in [1.54, 1.807) is 0 Å². The summed E-state index contributed by atoms with van der Waals surface area (Å²) in [5, 5.41) is 3.46. The summed E-state index contributed by atoms with van der Waals surface area (Å²) < 4.78 is 0. The van der Waals surface area contributed by atoms with Gasteiger partial charge in [-0.15, -0.1) is 0 Å². The average molecular weight is 224 g/mol. The van der Waals surface area contributed by atoms with E-state index in [-0.39, 0.29) is 0 Å². The largest absolute Gasteiger partial charge is 0.316 e. The van der Waals surface area contributed by atoms with Gasteiger partial charge in [-0.25, -0.2) is 0 Å². The summed E-state index contributed by atoms with van der Waals surface area (Å²) in [7, 11) is 0. The number of hydrogen-bond donors (Lipinski definition) is 1. The minimum atomic E-state index is 0.962. The number of nitrogens with one attached hydrogen (secondary N) is 1. The molecule has 2 heterocycles. The molecule has 2 nitrogen and oxygen atoms in total. The molecular weight excluding hydrogens is 196 g/mol. The third-order valence-electron chi connectivity index (χ3n) is 4.36. The van der Waals surface area contributed by atoms with Crippen LogP contribution in [0.25, 0.3) is 0 Å². The molecule has 2 aliphatic heterocycles. The lowest BCUT2D eigenvalue weighted by molar-refractivity contribution is 0.269. The Morgan fingerprint density at radius 3 is 2.94 bits per heavy atom. The van der Waals surface area contributed by atoms with Crippen molar-refractivity contribution in [1.82, 2.24) is 10.2 Å². The summed E-state index contributed by atoms with van der Waals surface area (Å²) >= 11 is 0. The number of hydrogen-bond acceptors (Lipinski definition) is 2. The van der Waals surface area contributed by atoms with E-state index in [9.17, 15) is 0 Å². The van der Waals surface area contributed by atoms with Crippen LogP contribution in [-0.2, 0) is 0 Å². The molecule has 2 aliphatic rings. The molecule has 0 spiro atoms. The lowest BCUT2D eigenvalue weighted by Crippen LogP contribution is -2.26. The summed E-state index contributed by atoms with van der Waals surface area (Å²) in [6.07, 6.45) is 8.57. The predicted molar refractivity (Wildman–Crippen MR) is 69.7 cm³/mol. The van der Waals surface area contributed by atoms with Crippen molar-refractivity contribution in [3.63, 3.8) is 0 Å².